The van der Waals surface area contributed by atoms with Crippen molar-refractivity contribution in [1.82, 2.24) is 9.97 Å². The molecular weight excluding hydrogens is 414 g/mol. The first-order valence-corrected chi connectivity index (χ1v) is 11.4. The smallest absolute Gasteiger partial charge is 0.239 e. The van der Waals surface area contributed by atoms with Crippen molar-refractivity contribution in [3.8, 4) is 17.0 Å². The van der Waals surface area contributed by atoms with Gasteiger partial charge in [0.05, 0.1) is 28.6 Å². The highest BCUT2D eigenvalue weighted by atomic mass is 32.2. The Balaban J connectivity index is 1.44. The SMILES string of the molecule is CCC(Sc1ccc2ccccc2n1)C(=O)Nc1nc(-c2ccc(OC)cc2)cs1. The van der Waals surface area contributed by atoms with Crippen molar-refractivity contribution < 1.29 is 9.53 Å². The maximum atomic E-state index is 12.8. The van der Waals surface area contributed by atoms with Crippen LogP contribution < -0.4 is 10.1 Å². The molecule has 4 aromatic rings. The fraction of sp³-hybridized carbons (Fsp3) is 0.174. The molecule has 2 aromatic heterocycles. The van der Waals surface area contributed by atoms with Gasteiger partial charge in [-0.3, -0.25) is 4.79 Å². The van der Waals surface area contributed by atoms with Crippen LogP contribution in [-0.4, -0.2) is 28.2 Å². The highest BCUT2D eigenvalue weighted by molar-refractivity contribution is 8.00. The number of aromatic nitrogens is 2. The lowest BCUT2D eigenvalue weighted by molar-refractivity contribution is -0.115. The van der Waals surface area contributed by atoms with Gasteiger partial charge >= 0.3 is 0 Å². The topological polar surface area (TPSA) is 64.1 Å². The lowest BCUT2D eigenvalue weighted by Crippen LogP contribution is -2.24. The number of amides is 1. The molecule has 0 spiro atoms. The summed E-state index contributed by atoms with van der Waals surface area (Å²) in [4.78, 5) is 22.1. The second kappa shape index (κ2) is 9.28. The number of thioether (sulfide) groups is 1. The molecule has 1 amide bonds. The monoisotopic (exact) mass is 435 g/mol. The summed E-state index contributed by atoms with van der Waals surface area (Å²) in [5.74, 6) is 0.737. The number of carbonyl (C=O) groups is 1. The Kier molecular flexibility index (Phi) is 6.30. The van der Waals surface area contributed by atoms with Crippen molar-refractivity contribution in [3.05, 3.63) is 66.0 Å². The summed E-state index contributed by atoms with van der Waals surface area (Å²) in [7, 11) is 1.64. The number of benzene rings is 2. The quantitative estimate of drug-likeness (QED) is 0.368. The molecule has 0 aliphatic carbocycles. The average Bonchev–Trinajstić information content (AvgIpc) is 3.25. The van der Waals surface area contributed by atoms with E-state index >= 15 is 0 Å². The van der Waals surface area contributed by atoms with Crippen LogP contribution in [0.3, 0.4) is 0 Å². The van der Waals surface area contributed by atoms with Crippen LogP contribution in [0.4, 0.5) is 5.13 Å². The zero-order valence-corrected chi connectivity index (χ0v) is 18.3. The molecule has 0 fully saturated rings. The zero-order valence-electron chi connectivity index (χ0n) is 16.7. The predicted octanol–water partition coefficient (Wildman–Crippen LogP) is 5.88. The standard InChI is InChI=1S/C23H21N3O2S2/c1-3-20(30-21-13-10-15-6-4-5-7-18(15)24-21)22(27)26-23-25-19(14-29-23)16-8-11-17(28-2)12-9-16/h4-14,20H,3H2,1-2H3,(H,25,26,27). The van der Waals surface area contributed by atoms with E-state index in [9.17, 15) is 4.79 Å². The van der Waals surface area contributed by atoms with Crippen molar-refractivity contribution in [1.29, 1.82) is 0 Å². The molecule has 0 saturated carbocycles. The summed E-state index contributed by atoms with van der Waals surface area (Å²) in [6.07, 6.45) is 0.696. The lowest BCUT2D eigenvalue weighted by Gasteiger charge is -2.13. The summed E-state index contributed by atoms with van der Waals surface area (Å²) in [5.41, 5.74) is 2.74. The number of anilines is 1. The fourth-order valence-corrected chi connectivity index (χ4v) is 4.64. The number of fused-ring (bicyclic) bond motifs is 1. The number of hydrogen-bond acceptors (Lipinski definition) is 6. The number of carbonyl (C=O) groups excluding carboxylic acids is 1. The third-order valence-corrected chi connectivity index (χ3v) is 6.68. The van der Waals surface area contributed by atoms with Gasteiger partial charge in [-0.1, -0.05) is 43.0 Å². The van der Waals surface area contributed by atoms with Gasteiger partial charge < -0.3 is 10.1 Å². The Labute approximate surface area is 183 Å². The van der Waals surface area contributed by atoms with Gasteiger partial charge in [0.2, 0.25) is 5.91 Å². The number of para-hydroxylation sites is 1. The number of hydrogen-bond donors (Lipinski definition) is 1. The number of rotatable bonds is 7. The first kappa shape index (κ1) is 20.4. The molecule has 2 heterocycles. The van der Waals surface area contributed by atoms with E-state index in [1.807, 2.05) is 73.0 Å². The van der Waals surface area contributed by atoms with Gasteiger partial charge in [-0.2, -0.15) is 0 Å². The molecule has 7 heteroatoms. The Bertz CT molecular complexity index is 1160. The third-order valence-electron chi connectivity index (χ3n) is 4.62. The maximum Gasteiger partial charge on any atom is 0.239 e. The second-order valence-corrected chi connectivity index (χ2v) is 8.69. The molecule has 0 saturated heterocycles. The van der Waals surface area contributed by atoms with Crippen LogP contribution in [0.15, 0.2) is 71.1 Å². The molecular formula is C23H21N3O2S2. The van der Waals surface area contributed by atoms with Crippen LogP contribution in [0, 0.1) is 0 Å². The van der Waals surface area contributed by atoms with Crippen molar-refractivity contribution in [2.45, 2.75) is 23.6 Å². The van der Waals surface area contributed by atoms with E-state index in [4.69, 9.17) is 4.74 Å². The normalized spacial score (nSPS) is 11.9. The lowest BCUT2D eigenvalue weighted by atomic mass is 10.2. The number of nitrogens with zero attached hydrogens (tertiary/aromatic N) is 2. The van der Waals surface area contributed by atoms with Crippen molar-refractivity contribution in [2.75, 3.05) is 12.4 Å². The third kappa shape index (κ3) is 4.63. The average molecular weight is 436 g/mol. The van der Waals surface area contributed by atoms with Gasteiger partial charge in [-0.25, -0.2) is 9.97 Å². The molecule has 0 aliphatic heterocycles. The van der Waals surface area contributed by atoms with Crippen LogP contribution in [0.1, 0.15) is 13.3 Å². The minimum absolute atomic E-state index is 0.0620. The van der Waals surface area contributed by atoms with E-state index in [2.05, 4.69) is 15.3 Å². The Morgan fingerprint density at radius 2 is 1.90 bits per heavy atom. The Morgan fingerprint density at radius 3 is 2.67 bits per heavy atom. The van der Waals surface area contributed by atoms with Crippen molar-refractivity contribution in [2.24, 2.45) is 0 Å². The second-order valence-electron chi connectivity index (χ2n) is 6.61. The van der Waals surface area contributed by atoms with Gasteiger partial charge in [0.15, 0.2) is 5.13 Å². The molecule has 152 valence electrons. The molecule has 2 aromatic carbocycles. The van der Waals surface area contributed by atoms with Gasteiger partial charge in [0, 0.05) is 16.3 Å². The minimum Gasteiger partial charge on any atom is -0.497 e. The van der Waals surface area contributed by atoms with Crippen LogP contribution in [0.5, 0.6) is 5.75 Å². The zero-order chi connectivity index (χ0) is 20.9. The van der Waals surface area contributed by atoms with Crippen molar-refractivity contribution >= 4 is 45.0 Å². The first-order valence-electron chi connectivity index (χ1n) is 9.59. The van der Waals surface area contributed by atoms with E-state index in [0.717, 1.165) is 32.9 Å². The molecule has 1 unspecified atom stereocenters. The van der Waals surface area contributed by atoms with E-state index in [-0.39, 0.29) is 11.2 Å². The fourth-order valence-electron chi connectivity index (χ4n) is 2.99. The van der Waals surface area contributed by atoms with E-state index in [1.54, 1.807) is 7.11 Å². The van der Waals surface area contributed by atoms with Crippen LogP contribution in [-0.2, 0) is 4.79 Å². The number of nitrogens with one attached hydrogen (secondary N) is 1. The Hall–Kier alpha value is -2.90. The molecule has 0 radical (unpaired) electrons. The summed E-state index contributed by atoms with van der Waals surface area (Å²) in [6, 6.07) is 19.7. The first-order chi connectivity index (χ1) is 14.7. The maximum absolute atomic E-state index is 12.8. The molecule has 0 aliphatic rings. The summed E-state index contributed by atoms with van der Waals surface area (Å²) in [5, 5.41) is 7.18. The van der Waals surface area contributed by atoms with Gasteiger partial charge in [0.25, 0.3) is 0 Å². The molecule has 30 heavy (non-hydrogen) atoms. The van der Waals surface area contributed by atoms with Gasteiger partial charge in [0.1, 0.15) is 5.75 Å². The van der Waals surface area contributed by atoms with E-state index in [0.29, 0.717) is 11.6 Å². The molecule has 4 rings (SSSR count). The van der Waals surface area contributed by atoms with Crippen molar-refractivity contribution in [3.63, 3.8) is 0 Å². The molecule has 5 nitrogen and oxygen atoms in total. The highest BCUT2D eigenvalue weighted by Crippen LogP contribution is 2.29. The van der Waals surface area contributed by atoms with E-state index < -0.39 is 0 Å². The molecule has 1 N–H and O–H groups in total. The largest absolute Gasteiger partial charge is 0.497 e. The van der Waals surface area contributed by atoms with Crippen LogP contribution >= 0.6 is 23.1 Å². The van der Waals surface area contributed by atoms with Gasteiger partial charge in [-0.15, -0.1) is 11.3 Å². The van der Waals surface area contributed by atoms with Crippen LogP contribution in [0.2, 0.25) is 0 Å². The molecule has 0 bridgehead atoms. The van der Waals surface area contributed by atoms with E-state index in [1.165, 1.54) is 23.1 Å². The van der Waals surface area contributed by atoms with Crippen LogP contribution in [0.25, 0.3) is 22.2 Å². The summed E-state index contributed by atoms with van der Waals surface area (Å²) in [6.45, 7) is 2.00. The Morgan fingerprint density at radius 1 is 1.10 bits per heavy atom. The summed E-state index contributed by atoms with van der Waals surface area (Å²) >= 11 is 2.90. The number of methoxy groups -OCH3 is 1. The number of ether oxygens (including phenoxy) is 1. The van der Waals surface area contributed by atoms with Gasteiger partial charge in [-0.05, 0) is 42.8 Å². The minimum atomic E-state index is -0.244. The number of pyridine rings is 1. The predicted molar refractivity (Wildman–Crippen MR) is 124 cm³/mol. The molecule has 1 atom stereocenters. The summed E-state index contributed by atoms with van der Waals surface area (Å²) < 4.78 is 5.19. The highest BCUT2D eigenvalue weighted by Gasteiger charge is 2.20. The number of thiazole rings is 1.